The number of aryl methyl sites for hydroxylation is 1. The Bertz CT molecular complexity index is 825. The molecule has 31 heavy (non-hydrogen) atoms. The van der Waals surface area contributed by atoms with E-state index in [4.69, 9.17) is 14.3 Å². The van der Waals surface area contributed by atoms with Crippen LogP contribution >= 0.6 is 0 Å². The third-order valence-corrected chi connectivity index (χ3v) is 5.53. The van der Waals surface area contributed by atoms with Gasteiger partial charge < -0.3 is 19.9 Å². The van der Waals surface area contributed by atoms with Crippen molar-refractivity contribution in [1.29, 1.82) is 0 Å². The monoisotopic (exact) mass is 428 g/mol. The Hall–Kier alpha value is -2.45. The van der Waals surface area contributed by atoms with Crippen molar-refractivity contribution >= 4 is 5.96 Å². The summed E-state index contributed by atoms with van der Waals surface area (Å²) >= 11 is 0. The molecule has 0 saturated carbocycles. The molecule has 0 amide bonds. The molecule has 1 fully saturated rings. The first kappa shape index (κ1) is 23.2. The molecule has 170 valence electrons. The molecule has 2 N–H and O–H groups in total. The highest BCUT2D eigenvalue weighted by Crippen LogP contribution is 2.18. The topological polar surface area (TPSA) is 87.8 Å². The summed E-state index contributed by atoms with van der Waals surface area (Å²) < 4.78 is 10.8. The van der Waals surface area contributed by atoms with Gasteiger partial charge in [0.1, 0.15) is 0 Å². The first-order chi connectivity index (χ1) is 15.0. The maximum atomic E-state index is 5.48. The fourth-order valence-electron chi connectivity index (χ4n) is 3.54. The van der Waals surface area contributed by atoms with Crippen molar-refractivity contribution < 1.29 is 9.26 Å². The molecule has 1 aliphatic heterocycles. The van der Waals surface area contributed by atoms with E-state index in [1.807, 2.05) is 19.1 Å². The average molecular weight is 429 g/mol. The number of rotatable bonds is 9. The quantitative estimate of drug-likeness (QED) is 0.469. The number of hydrogen-bond donors (Lipinski definition) is 2. The van der Waals surface area contributed by atoms with Crippen LogP contribution in [0, 0.1) is 0 Å². The number of ether oxygens (including phenoxy) is 1. The Morgan fingerprint density at radius 3 is 2.52 bits per heavy atom. The van der Waals surface area contributed by atoms with Gasteiger partial charge in [0, 0.05) is 43.7 Å². The molecule has 0 radical (unpaired) electrons. The average Bonchev–Trinajstić information content (AvgIpc) is 3.28. The fourth-order valence-corrected chi connectivity index (χ4v) is 3.54. The van der Waals surface area contributed by atoms with Crippen molar-refractivity contribution in [3.63, 3.8) is 0 Å². The number of nitrogens with zero attached hydrogens (tertiary/aromatic N) is 4. The lowest BCUT2D eigenvalue weighted by molar-refractivity contribution is -0.00683. The normalized spacial score (nSPS) is 15.8. The van der Waals surface area contributed by atoms with Crippen LogP contribution in [0.2, 0.25) is 0 Å². The van der Waals surface area contributed by atoms with Gasteiger partial charge in [0.2, 0.25) is 0 Å². The van der Waals surface area contributed by atoms with Gasteiger partial charge in [-0.1, -0.05) is 24.2 Å². The van der Waals surface area contributed by atoms with Gasteiger partial charge in [-0.25, -0.2) is 0 Å². The first-order valence-electron chi connectivity index (χ1n) is 11.3. The van der Waals surface area contributed by atoms with Crippen LogP contribution in [0.5, 0.6) is 0 Å². The minimum atomic E-state index is 0.00828. The van der Waals surface area contributed by atoms with Crippen LogP contribution in [-0.4, -0.2) is 72.5 Å². The van der Waals surface area contributed by atoms with Gasteiger partial charge in [-0.15, -0.1) is 0 Å². The van der Waals surface area contributed by atoms with Crippen molar-refractivity contribution in [2.24, 2.45) is 4.99 Å². The Morgan fingerprint density at radius 1 is 1.13 bits per heavy atom. The summed E-state index contributed by atoms with van der Waals surface area (Å²) in [6.07, 6.45) is 1.67. The predicted octanol–water partition coefficient (Wildman–Crippen LogP) is 2.51. The van der Waals surface area contributed by atoms with Gasteiger partial charge in [-0.2, -0.15) is 4.98 Å². The van der Waals surface area contributed by atoms with E-state index in [-0.39, 0.29) is 5.54 Å². The molecule has 3 rings (SSSR count). The number of guanidine groups is 1. The molecule has 0 unspecified atom stereocenters. The van der Waals surface area contributed by atoms with Crippen molar-refractivity contribution in [3.05, 3.63) is 35.7 Å². The van der Waals surface area contributed by atoms with Crippen molar-refractivity contribution in [2.45, 2.75) is 46.1 Å². The molecule has 0 spiro atoms. The zero-order valence-corrected chi connectivity index (χ0v) is 19.3. The molecule has 0 bridgehead atoms. The Kier molecular flexibility index (Phi) is 8.43. The number of nitrogens with one attached hydrogen (secondary N) is 2. The summed E-state index contributed by atoms with van der Waals surface area (Å²) in [5.41, 5.74) is 2.20. The maximum Gasteiger partial charge on any atom is 0.257 e. The molecule has 1 aliphatic rings. The van der Waals surface area contributed by atoms with Crippen LogP contribution in [0.3, 0.4) is 0 Å². The summed E-state index contributed by atoms with van der Waals surface area (Å²) in [6.45, 7) is 14.5. The number of aliphatic imine (C=N–C) groups is 1. The molecule has 1 aromatic heterocycles. The minimum Gasteiger partial charge on any atom is -0.379 e. The van der Waals surface area contributed by atoms with Crippen molar-refractivity contribution in [1.82, 2.24) is 25.7 Å². The molecule has 0 aliphatic carbocycles. The second-order valence-corrected chi connectivity index (χ2v) is 8.35. The Labute approximate surface area is 185 Å². The smallest absolute Gasteiger partial charge is 0.257 e. The van der Waals surface area contributed by atoms with Gasteiger partial charge in [0.25, 0.3) is 5.89 Å². The Morgan fingerprint density at radius 2 is 1.87 bits per heavy atom. The largest absolute Gasteiger partial charge is 0.379 e. The number of aromatic nitrogens is 2. The van der Waals surface area contributed by atoms with Gasteiger partial charge in [0.05, 0.1) is 19.8 Å². The minimum absolute atomic E-state index is 0.00828. The predicted molar refractivity (Wildman–Crippen MR) is 123 cm³/mol. The first-order valence-corrected chi connectivity index (χ1v) is 11.3. The fraction of sp³-hybridized carbons (Fsp3) is 0.609. The van der Waals surface area contributed by atoms with Gasteiger partial charge >= 0.3 is 0 Å². The molecule has 8 nitrogen and oxygen atoms in total. The van der Waals surface area contributed by atoms with E-state index >= 15 is 0 Å². The summed E-state index contributed by atoms with van der Waals surface area (Å²) in [7, 11) is 0. The third-order valence-electron chi connectivity index (χ3n) is 5.53. The van der Waals surface area contributed by atoms with Crippen LogP contribution in [0.4, 0.5) is 0 Å². The maximum absolute atomic E-state index is 5.48. The zero-order valence-electron chi connectivity index (χ0n) is 19.3. The number of morpholine rings is 1. The van der Waals surface area contributed by atoms with E-state index in [1.54, 1.807) is 0 Å². The SMILES string of the molecule is CCNC(=NCC(C)(C)N1CCOCC1)NCCc1ccc(-c2nc(CC)no2)cc1. The van der Waals surface area contributed by atoms with Crippen LogP contribution in [-0.2, 0) is 17.6 Å². The van der Waals surface area contributed by atoms with Crippen molar-refractivity contribution in [3.8, 4) is 11.5 Å². The lowest BCUT2D eigenvalue weighted by Gasteiger charge is -2.39. The van der Waals surface area contributed by atoms with Gasteiger partial charge in [-0.05, 0) is 44.9 Å². The second kappa shape index (κ2) is 11.2. The molecule has 1 aromatic carbocycles. The van der Waals surface area contributed by atoms with E-state index in [1.165, 1.54) is 5.56 Å². The zero-order chi connectivity index (χ0) is 22.1. The summed E-state index contributed by atoms with van der Waals surface area (Å²) in [5.74, 6) is 2.17. The molecule has 1 saturated heterocycles. The standard InChI is InChI=1S/C23H36N6O2/c1-5-20-27-21(31-28-20)19-9-7-18(8-10-19)11-12-25-22(24-6-2)26-17-23(3,4)29-13-15-30-16-14-29/h7-10H,5-6,11-17H2,1-4H3,(H2,24,25,26). The van der Waals surface area contributed by atoms with Crippen LogP contribution in [0.1, 0.15) is 39.1 Å². The molecule has 8 heteroatoms. The highest BCUT2D eigenvalue weighted by molar-refractivity contribution is 5.79. The summed E-state index contributed by atoms with van der Waals surface area (Å²) in [6, 6.07) is 8.29. The molecular formula is C23H36N6O2. The summed E-state index contributed by atoms with van der Waals surface area (Å²) in [5, 5.41) is 10.8. The van der Waals surface area contributed by atoms with E-state index in [9.17, 15) is 0 Å². The molecule has 2 aromatic rings. The lowest BCUT2D eigenvalue weighted by Crippen LogP contribution is -2.52. The van der Waals surface area contributed by atoms with Gasteiger partial charge in [-0.3, -0.25) is 9.89 Å². The third kappa shape index (κ3) is 6.77. The summed E-state index contributed by atoms with van der Waals surface area (Å²) in [4.78, 5) is 11.7. The molecule has 0 atom stereocenters. The molecule has 2 heterocycles. The van der Waals surface area contributed by atoms with E-state index in [2.05, 4.69) is 58.6 Å². The Balaban J connectivity index is 1.51. The van der Waals surface area contributed by atoms with Gasteiger partial charge in [0.15, 0.2) is 11.8 Å². The van der Waals surface area contributed by atoms with Crippen LogP contribution in [0.15, 0.2) is 33.8 Å². The van der Waals surface area contributed by atoms with Crippen LogP contribution < -0.4 is 10.6 Å². The van der Waals surface area contributed by atoms with E-state index in [0.717, 1.165) is 76.1 Å². The van der Waals surface area contributed by atoms with E-state index in [0.29, 0.717) is 5.89 Å². The number of hydrogen-bond acceptors (Lipinski definition) is 6. The molecular weight excluding hydrogens is 392 g/mol. The van der Waals surface area contributed by atoms with Crippen LogP contribution in [0.25, 0.3) is 11.5 Å². The van der Waals surface area contributed by atoms with E-state index < -0.39 is 0 Å². The lowest BCUT2D eigenvalue weighted by atomic mass is 10.0. The highest BCUT2D eigenvalue weighted by atomic mass is 16.5. The second-order valence-electron chi connectivity index (χ2n) is 8.35. The highest BCUT2D eigenvalue weighted by Gasteiger charge is 2.28. The number of benzene rings is 1. The van der Waals surface area contributed by atoms with Crippen molar-refractivity contribution in [2.75, 3.05) is 45.9 Å².